The predicted molar refractivity (Wildman–Crippen MR) is 52.2 cm³/mol. The third-order valence-electron chi connectivity index (χ3n) is 1.38. The van der Waals surface area contributed by atoms with E-state index in [1.54, 1.807) is 13.0 Å². The number of furan rings is 1. The molecule has 13 heavy (non-hydrogen) atoms. The van der Waals surface area contributed by atoms with Gasteiger partial charge in [0.25, 0.3) is 5.91 Å². The maximum Gasteiger partial charge on any atom is 0.256 e. The molecule has 3 nitrogen and oxygen atoms in total. The first-order chi connectivity index (χ1) is 6.25. The summed E-state index contributed by atoms with van der Waals surface area (Å²) in [6.45, 7) is 2.08. The van der Waals surface area contributed by atoms with Gasteiger partial charge in [0.2, 0.25) is 0 Å². The Morgan fingerprint density at radius 1 is 1.77 bits per heavy atom. The molecule has 0 unspecified atom stereocenters. The van der Waals surface area contributed by atoms with Crippen molar-refractivity contribution in [3.63, 3.8) is 0 Å². The zero-order valence-corrected chi connectivity index (χ0v) is 8.64. The molecule has 0 aliphatic carbocycles. The van der Waals surface area contributed by atoms with Crippen LogP contribution in [0.5, 0.6) is 0 Å². The summed E-state index contributed by atoms with van der Waals surface area (Å²) < 4.78 is 5.35. The van der Waals surface area contributed by atoms with Gasteiger partial charge >= 0.3 is 0 Å². The molecule has 0 spiro atoms. The number of hydrogen-bond donors (Lipinski definition) is 1. The summed E-state index contributed by atoms with van der Waals surface area (Å²) in [7, 11) is 0. The van der Waals surface area contributed by atoms with Gasteiger partial charge in [-0.15, -0.1) is 5.92 Å². The smallest absolute Gasteiger partial charge is 0.256 e. The molecule has 1 aromatic rings. The number of rotatable bonds is 2. The first kappa shape index (κ1) is 9.87. The van der Waals surface area contributed by atoms with Crippen molar-refractivity contribution < 1.29 is 9.21 Å². The van der Waals surface area contributed by atoms with Crippen molar-refractivity contribution in [1.29, 1.82) is 0 Å². The Hall–Kier alpha value is -1.21. The fraction of sp³-hybridized carbons (Fsp3) is 0.222. The third kappa shape index (κ3) is 2.63. The molecule has 0 aliphatic heterocycles. The first-order valence-electron chi connectivity index (χ1n) is 3.66. The molecule has 0 saturated carbocycles. The van der Waals surface area contributed by atoms with Gasteiger partial charge < -0.3 is 9.73 Å². The molecule has 0 radical (unpaired) electrons. The maximum absolute atomic E-state index is 11.3. The Kier molecular flexibility index (Phi) is 3.59. The van der Waals surface area contributed by atoms with Crippen LogP contribution in [0.1, 0.15) is 17.3 Å². The van der Waals surface area contributed by atoms with E-state index in [1.165, 1.54) is 6.26 Å². The zero-order valence-electron chi connectivity index (χ0n) is 7.06. The lowest BCUT2D eigenvalue weighted by atomic mass is 10.3. The van der Waals surface area contributed by atoms with Gasteiger partial charge in [-0.25, -0.2) is 0 Å². The summed E-state index contributed by atoms with van der Waals surface area (Å²) in [5, 5.41) is 2.62. The Balaban J connectivity index is 2.57. The van der Waals surface area contributed by atoms with Gasteiger partial charge in [-0.1, -0.05) is 5.92 Å². The van der Waals surface area contributed by atoms with E-state index in [1.807, 2.05) is 0 Å². The normalized spacial score (nSPS) is 8.77. The average Bonchev–Trinajstić information content (AvgIpc) is 2.52. The molecule has 0 aliphatic rings. The standard InChI is InChI=1S/C9H8BrNO2/c1-2-3-5-11-9(12)7-4-6-13-8(7)10/h4,6H,5H2,1H3,(H,11,12). The van der Waals surface area contributed by atoms with Crippen molar-refractivity contribution in [1.82, 2.24) is 5.32 Å². The van der Waals surface area contributed by atoms with E-state index in [0.29, 0.717) is 16.8 Å². The van der Waals surface area contributed by atoms with Gasteiger partial charge in [0.15, 0.2) is 4.67 Å². The fourth-order valence-corrected chi connectivity index (χ4v) is 1.18. The average molecular weight is 242 g/mol. The van der Waals surface area contributed by atoms with Crippen molar-refractivity contribution in [2.45, 2.75) is 6.92 Å². The second-order valence-electron chi connectivity index (χ2n) is 2.22. The van der Waals surface area contributed by atoms with Crippen LogP contribution in [0.3, 0.4) is 0 Å². The molecular formula is C9H8BrNO2. The number of amides is 1. The van der Waals surface area contributed by atoms with Crippen LogP contribution in [-0.2, 0) is 0 Å². The van der Waals surface area contributed by atoms with Gasteiger partial charge in [0.05, 0.1) is 18.4 Å². The minimum atomic E-state index is -0.191. The molecule has 4 heteroatoms. The summed E-state index contributed by atoms with van der Waals surface area (Å²) in [5.41, 5.74) is 0.484. The van der Waals surface area contributed by atoms with Crippen molar-refractivity contribution in [2.24, 2.45) is 0 Å². The van der Waals surface area contributed by atoms with E-state index in [2.05, 4.69) is 33.1 Å². The molecule has 0 aromatic carbocycles. The van der Waals surface area contributed by atoms with Gasteiger partial charge in [-0.3, -0.25) is 4.79 Å². The Labute approximate surface area is 84.6 Å². The Morgan fingerprint density at radius 3 is 3.08 bits per heavy atom. The van der Waals surface area contributed by atoms with Crippen molar-refractivity contribution in [3.8, 4) is 11.8 Å². The molecule has 0 bridgehead atoms. The van der Waals surface area contributed by atoms with Crippen molar-refractivity contribution in [2.75, 3.05) is 6.54 Å². The molecule has 0 saturated heterocycles. The van der Waals surface area contributed by atoms with Gasteiger partial charge in [0, 0.05) is 0 Å². The van der Waals surface area contributed by atoms with E-state index >= 15 is 0 Å². The molecule has 1 aromatic heterocycles. The second kappa shape index (κ2) is 4.73. The highest BCUT2D eigenvalue weighted by Crippen LogP contribution is 2.16. The SMILES string of the molecule is CC#CCNC(=O)c1ccoc1Br. The summed E-state index contributed by atoms with van der Waals surface area (Å²) in [6.07, 6.45) is 1.45. The van der Waals surface area contributed by atoms with Crippen molar-refractivity contribution in [3.05, 3.63) is 22.6 Å². The summed E-state index contributed by atoms with van der Waals surface area (Å²) >= 11 is 3.11. The van der Waals surface area contributed by atoms with Crippen LogP contribution in [-0.4, -0.2) is 12.5 Å². The van der Waals surface area contributed by atoms with Crippen LogP contribution in [0, 0.1) is 11.8 Å². The monoisotopic (exact) mass is 241 g/mol. The van der Waals surface area contributed by atoms with Crippen LogP contribution in [0.2, 0.25) is 0 Å². The highest BCUT2D eigenvalue weighted by atomic mass is 79.9. The minimum Gasteiger partial charge on any atom is -0.457 e. The number of carbonyl (C=O) groups excluding carboxylic acids is 1. The summed E-state index contributed by atoms with van der Waals surface area (Å²) in [6, 6.07) is 1.60. The molecule has 1 amide bonds. The number of carbonyl (C=O) groups is 1. The zero-order chi connectivity index (χ0) is 9.68. The summed E-state index contributed by atoms with van der Waals surface area (Å²) in [5.74, 6) is 5.22. The molecular weight excluding hydrogens is 234 g/mol. The molecule has 1 heterocycles. The third-order valence-corrected chi connectivity index (χ3v) is 1.99. The van der Waals surface area contributed by atoms with Gasteiger partial charge in [0.1, 0.15) is 0 Å². The van der Waals surface area contributed by atoms with Crippen LogP contribution in [0.4, 0.5) is 0 Å². The predicted octanol–water partition coefficient (Wildman–Crippen LogP) is 1.80. The molecule has 1 rings (SSSR count). The maximum atomic E-state index is 11.3. The quantitative estimate of drug-likeness (QED) is 0.803. The number of hydrogen-bond acceptors (Lipinski definition) is 2. The van der Waals surface area contributed by atoms with Gasteiger partial charge in [-0.05, 0) is 28.9 Å². The number of halogens is 1. The largest absolute Gasteiger partial charge is 0.457 e. The van der Waals surface area contributed by atoms with Crippen molar-refractivity contribution >= 4 is 21.8 Å². The topological polar surface area (TPSA) is 42.2 Å². The number of nitrogens with one attached hydrogen (secondary N) is 1. The lowest BCUT2D eigenvalue weighted by Gasteiger charge is -1.97. The van der Waals surface area contributed by atoms with E-state index < -0.39 is 0 Å². The summed E-state index contributed by atoms with van der Waals surface area (Å²) in [4.78, 5) is 11.3. The van der Waals surface area contributed by atoms with Crippen LogP contribution < -0.4 is 5.32 Å². The molecule has 0 fully saturated rings. The van der Waals surface area contributed by atoms with E-state index in [-0.39, 0.29) is 5.91 Å². The van der Waals surface area contributed by atoms with E-state index in [0.717, 1.165) is 0 Å². The van der Waals surface area contributed by atoms with Crippen LogP contribution >= 0.6 is 15.9 Å². The van der Waals surface area contributed by atoms with Crippen LogP contribution in [0.15, 0.2) is 21.4 Å². The second-order valence-corrected chi connectivity index (χ2v) is 2.94. The molecule has 1 N–H and O–H groups in total. The van der Waals surface area contributed by atoms with E-state index in [4.69, 9.17) is 4.42 Å². The highest BCUT2D eigenvalue weighted by molar-refractivity contribution is 9.10. The van der Waals surface area contributed by atoms with Crippen LogP contribution in [0.25, 0.3) is 0 Å². The molecule has 0 atom stereocenters. The highest BCUT2D eigenvalue weighted by Gasteiger charge is 2.10. The van der Waals surface area contributed by atoms with E-state index in [9.17, 15) is 4.79 Å². The Bertz CT molecular complexity index is 359. The lowest BCUT2D eigenvalue weighted by Crippen LogP contribution is -2.23. The Morgan fingerprint density at radius 2 is 2.54 bits per heavy atom. The first-order valence-corrected chi connectivity index (χ1v) is 4.46. The fourth-order valence-electron chi connectivity index (χ4n) is 0.764. The minimum absolute atomic E-state index is 0.191. The molecule has 68 valence electrons. The van der Waals surface area contributed by atoms with Gasteiger partial charge in [-0.2, -0.15) is 0 Å². The lowest BCUT2D eigenvalue weighted by molar-refractivity contribution is 0.0957.